The van der Waals surface area contributed by atoms with Crippen LogP contribution in [0.25, 0.3) is 5.82 Å². The summed E-state index contributed by atoms with van der Waals surface area (Å²) in [4.78, 5) is 15.1. The number of carbonyl (C=O) groups is 1. The zero-order chi connectivity index (χ0) is 17.9. The first-order valence-corrected chi connectivity index (χ1v) is 8.96. The third-order valence-electron chi connectivity index (χ3n) is 4.96. The molecule has 1 N–H and O–H groups in total. The monoisotopic (exact) mass is 349 g/mol. The van der Waals surface area contributed by atoms with Crippen LogP contribution in [0.4, 0.5) is 5.69 Å². The molecule has 1 amide bonds. The van der Waals surface area contributed by atoms with Crippen molar-refractivity contribution < 1.29 is 4.79 Å². The van der Waals surface area contributed by atoms with Gasteiger partial charge in [-0.2, -0.15) is 5.10 Å². The Morgan fingerprint density at radius 2 is 1.96 bits per heavy atom. The average molecular weight is 349 g/mol. The standard InChI is InChI=1S/C20H23N5O/c1-23-20(24-10-5-6-11-24)18(14-22-23)19(26)21-13-16-9-12-25(15-16)17-7-3-2-4-8-17/h2-8,10-11,14,16H,9,12-13,15H2,1H3,(H,21,26)/t16-/m1/s1. The molecule has 6 nitrogen and oxygen atoms in total. The maximum atomic E-state index is 12.7. The lowest BCUT2D eigenvalue weighted by Crippen LogP contribution is -2.31. The van der Waals surface area contributed by atoms with Gasteiger partial charge in [0, 0.05) is 44.8 Å². The zero-order valence-electron chi connectivity index (χ0n) is 14.9. The molecule has 0 spiro atoms. The molecule has 1 aliphatic rings. The molecule has 0 unspecified atom stereocenters. The van der Waals surface area contributed by atoms with Crippen LogP contribution >= 0.6 is 0 Å². The van der Waals surface area contributed by atoms with E-state index in [0.29, 0.717) is 18.0 Å². The summed E-state index contributed by atoms with van der Waals surface area (Å²) in [5, 5.41) is 7.35. The Morgan fingerprint density at radius 1 is 1.19 bits per heavy atom. The van der Waals surface area contributed by atoms with E-state index >= 15 is 0 Å². The summed E-state index contributed by atoms with van der Waals surface area (Å²) in [6, 6.07) is 14.3. The first kappa shape index (κ1) is 16.4. The Labute approximate surface area is 153 Å². The topological polar surface area (TPSA) is 55.1 Å². The second-order valence-electron chi connectivity index (χ2n) is 6.74. The molecule has 4 rings (SSSR count). The Bertz CT molecular complexity index is 869. The van der Waals surface area contributed by atoms with Crippen molar-refractivity contribution in [2.45, 2.75) is 6.42 Å². The van der Waals surface area contributed by atoms with Gasteiger partial charge >= 0.3 is 0 Å². The van der Waals surface area contributed by atoms with Gasteiger partial charge in [0.25, 0.3) is 5.91 Å². The van der Waals surface area contributed by atoms with Gasteiger partial charge in [0.1, 0.15) is 11.4 Å². The summed E-state index contributed by atoms with van der Waals surface area (Å²) in [6.07, 6.45) is 6.56. The van der Waals surface area contributed by atoms with Crippen molar-refractivity contribution in [1.29, 1.82) is 0 Å². The van der Waals surface area contributed by atoms with E-state index < -0.39 is 0 Å². The summed E-state index contributed by atoms with van der Waals surface area (Å²) in [7, 11) is 1.85. The van der Waals surface area contributed by atoms with Crippen molar-refractivity contribution >= 4 is 11.6 Å². The number of carbonyl (C=O) groups excluding carboxylic acids is 1. The van der Waals surface area contributed by atoms with Crippen molar-refractivity contribution in [2.75, 3.05) is 24.5 Å². The average Bonchev–Trinajstić information content (AvgIpc) is 3.41. The number of hydrogen-bond acceptors (Lipinski definition) is 3. The smallest absolute Gasteiger partial charge is 0.256 e. The van der Waals surface area contributed by atoms with E-state index in [2.05, 4.69) is 39.6 Å². The molecule has 134 valence electrons. The van der Waals surface area contributed by atoms with E-state index in [1.54, 1.807) is 10.9 Å². The molecule has 26 heavy (non-hydrogen) atoms. The predicted molar refractivity (Wildman–Crippen MR) is 102 cm³/mol. The van der Waals surface area contributed by atoms with E-state index in [0.717, 1.165) is 25.3 Å². The van der Waals surface area contributed by atoms with Crippen LogP contribution in [0.2, 0.25) is 0 Å². The number of nitrogens with one attached hydrogen (secondary N) is 1. The quantitative estimate of drug-likeness (QED) is 0.770. The minimum atomic E-state index is -0.0695. The van der Waals surface area contributed by atoms with Gasteiger partial charge in [0.15, 0.2) is 0 Å². The van der Waals surface area contributed by atoms with Gasteiger partial charge in [-0.3, -0.25) is 9.48 Å². The molecule has 2 aromatic heterocycles. The number of nitrogens with zero attached hydrogens (tertiary/aromatic N) is 4. The fraction of sp³-hybridized carbons (Fsp3) is 0.300. The van der Waals surface area contributed by atoms with E-state index in [9.17, 15) is 4.79 Å². The fourth-order valence-corrected chi connectivity index (χ4v) is 3.58. The highest BCUT2D eigenvalue weighted by Gasteiger charge is 2.24. The molecule has 6 heteroatoms. The number of aryl methyl sites for hydroxylation is 1. The molecular formula is C20H23N5O. The van der Waals surface area contributed by atoms with Crippen LogP contribution < -0.4 is 10.2 Å². The Kier molecular flexibility index (Phi) is 4.48. The number of benzene rings is 1. The Morgan fingerprint density at radius 3 is 2.73 bits per heavy atom. The lowest BCUT2D eigenvalue weighted by molar-refractivity contribution is 0.0948. The number of hydrogen-bond donors (Lipinski definition) is 1. The molecule has 1 aliphatic heterocycles. The highest BCUT2D eigenvalue weighted by molar-refractivity contribution is 5.97. The van der Waals surface area contributed by atoms with Crippen molar-refractivity contribution in [1.82, 2.24) is 19.7 Å². The van der Waals surface area contributed by atoms with E-state index in [-0.39, 0.29) is 5.91 Å². The van der Waals surface area contributed by atoms with E-state index in [4.69, 9.17) is 0 Å². The maximum Gasteiger partial charge on any atom is 0.256 e. The van der Waals surface area contributed by atoms with Crippen molar-refractivity contribution in [3.8, 4) is 5.82 Å². The molecule has 1 atom stereocenters. The van der Waals surface area contributed by atoms with Gasteiger partial charge in [-0.05, 0) is 36.6 Å². The SMILES string of the molecule is Cn1ncc(C(=O)NC[C@H]2CCN(c3ccccc3)C2)c1-n1cccc1. The molecule has 3 heterocycles. The number of rotatable bonds is 5. The predicted octanol–water partition coefficient (Wildman–Crippen LogP) is 2.47. The van der Waals surface area contributed by atoms with E-state index in [1.165, 1.54) is 5.69 Å². The highest BCUT2D eigenvalue weighted by Crippen LogP contribution is 2.23. The first-order valence-electron chi connectivity index (χ1n) is 8.96. The van der Waals surface area contributed by atoms with Crippen LogP contribution in [-0.2, 0) is 7.05 Å². The first-order chi connectivity index (χ1) is 12.7. The molecule has 0 radical (unpaired) electrons. The summed E-state index contributed by atoms with van der Waals surface area (Å²) in [6.45, 7) is 2.69. The van der Waals surface area contributed by atoms with Gasteiger partial charge in [0.2, 0.25) is 0 Å². The molecular weight excluding hydrogens is 326 g/mol. The van der Waals surface area contributed by atoms with Crippen LogP contribution in [0, 0.1) is 5.92 Å². The molecule has 1 saturated heterocycles. The second-order valence-corrected chi connectivity index (χ2v) is 6.74. The summed E-state index contributed by atoms with van der Waals surface area (Å²) >= 11 is 0. The summed E-state index contributed by atoms with van der Waals surface area (Å²) in [5.41, 5.74) is 1.85. The number of amides is 1. The number of anilines is 1. The van der Waals surface area contributed by atoms with Gasteiger partial charge in [-0.1, -0.05) is 18.2 Å². The van der Waals surface area contributed by atoms with Crippen molar-refractivity contribution in [3.05, 3.63) is 66.6 Å². The Hall–Kier alpha value is -3.02. The van der Waals surface area contributed by atoms with Crippen LogP contribution in [0.1, 0.15) is 16.8 Å². The van der Waals surface area contributed by atoms with Gasteiger partial charge in [-0.15, -0.1) is 0 Å². The van der Waals surface area contributed by atoms with Gasteiger partial charge in [0.05, 0.1) is 6.20 Å². The van der Waals surface area contributed by atoms with Crippen molar-refractivity contribution in [3.63, 3.8) is 0 Å². The lowest BCUT2D eigenvalue weighted by Gasteiger charge is -2.18. The van der Waals surface area contributed by atoms with E-state index in [1.807, 2.05) is 42.2 Å². The third kappa shape index (κ3) is 3.22. The van der Waals surface area contributed by atoms with Crippen LogP contribution in [0.3, 0.4) is 0 Å². The number of para-hydroxylation sites is 1. The molecule has 0 bridgehead atoms. The summed E-state index contributed by atoms with van der Waals surface area (Å²) < 4.78 is 3.64. The third-order valence-corrected chi connectivity index (χ3v) is 4.96. The highest BCUT2D eigenvalue weighted by atomic mass is 16.1. The molecule has 0 saturated carbocycles. The fourth-order valence-electron chi connectivity index (χ4n) is 3.58. The molecule has 1 aromatic carbocycles. The number of aromatic nitrogens is 3. The molecule has 0 aliphatic carbocycles. The zero-order valence-corrected chi connectivity index (χ0v) is 14.9. The van der Waals surface area contributed by atoms with Crippen LogP contribution in [0.5, 0.6) is 0 Å². The van der Waals surface area contributed by atoms with Gasteiger partial charge < -0.3 is 14.8 Å². The molecule has 3 aromatic rings. The van der Waals surface area contributed by atoms with Crippen LogP contribution in [0.15, 0.2) is 61.1 Å². The Balaban J connectivity index is 1.38. The second kappa shape index (κ2) is 7.07. The normalized spacial score (nSPS) is 16.8. The minimum Gasteiger partial charge on any atom is -0.371 e. The maximum absolute atomic E-state index is 12.7. The summed E-state index contributed by atoms with van der Waals surface area (Å²) in [5.74, 6) is 1.18. The van der Waals surface area contributed by atoms with Crippen molar-refractivity contribution in [2.24, 2.45) is 13.0 Å². The molecule has 1 fully saturated rings. The van der Waals surface area contributed by atoms with Crippen LogP contribution in [-0.4, -0.2) is 39.9 Å². The largest absolute Gasteiger partial charge is 0.371 e. The van der Waals surface area contributed by atoms with Gasteiger partial charge in [-0.25, -0.2) is 0 Å². The lowest BCUT2D eigenvalue weighted by atomic mass is 10.1. The minimum absolute atomic E-state index is 0.0695.